The molecule has 0 aromatic rings. The SMILES string of the molecule is CC(C)(C)CC(CN)CN1CCNCC1. The first-order chi connectivity index (χ1) is 7.01. The molecule has 0 aliphatic carbocycles. The van der Waals surface area contributed by atoms with Crippen LogP contribution in [-0.4, -0.2) is 44.2 Å². The maximum atomic E-state index is 5.85. The van der Waals surface area contributed by atoms with Gasteiger partial charge >= 0.3 is 0 Å². The molecule has 0 aromatic heterocycles. The molecule has 0 amide bonds. The Bertz CT molecular complexity index is 168. The van der Waals surface area contributed by atoms with Crippen molar-refractivity contribution in [2.24, 2.45) is 17.1 Å². The van der Waals surface area contributed by atoms with Gasteiger partial charge in [0, 0.05) is 32.7 Å². The van der Waals surface area contributed by atoms with Gasteiger partial charge in [-0.15, -0.1) is 0 Å². The first-order valence-corrected chi connectivity index (χ1v) is 6.14. The van der Waals surface area contributed by atoms with E-state index in [4.69, 9.17) is 5.73 Å². The number of nitrogens with two attached hydrogens (primary N) is 1. The Morgan fingerprint density at radius 3 is 2.33 bits per heavy atom. The summed E-state index contributed by atoms with van der Waals surface area (Å²) < 4.78 is 0. The van der Waals surface area contributed by atoms with Crippen molar-refractivity contribution in [3.8, 4) is 0 Å². The van der Waals surface area contributed by atoms with Crippen LogP contribution in [0.5, 0.6) is 0 Å². The Kier molecular flexibility index (Phi) is 5.03. The van der Waals surface area contributed by atoms with Gasteiger partial charge in [-0.05, 0) is 24.3 Å². The summed E-state index contributed by atoms with van der Waals surface area (Å²) >= 11 is 0. The van der Waals surface area contributed by atoms with Crippen LogP contribution in [0, 0.1) is 11.3 Å². The average molecular weight is 213 g/mol. The lowest BCUT2D eigenvalue weighted by molar-refractivity contribution is 0.178. The molecule has 3 heteroatoms. The quantitative estimate of drug-likeness (QED) is 0.729. The zero-order valence-electron chi connectivity index (χ0n) is 10.6. The second kappa shape index (κ2) is 5.83. The number of nitrogens with zero attached hydrogens (tertiary/aromatic N) is 1. The predicted molar refractivity (Wildman–Crippen MR) is 65.9 cm³/mol. The summed E-state index contributed by atoms with van der Waals surface area (Å²) in [6, 6.07) is 0. The Balaban J connectivity index is 2.31. The van der Waals surface area contributed by atoms with E-state index in [0.29, 0.717) is 11.3 Å². The number of rotatable bonds is 4. The molecule has 1 aliphatic rings. The van der Waals surface area contributed by atoms with Gasteiger partial charge in [0.1, 0.15) is 0 Å². The van der Waals surface area contributed by atoms with Crippen LogP contribution < -0.4 is 11.1 Å². The van der Waals surface area contributed by atoms with Gasteiger partial charge in [-0.2, -0.15) is 0 Å². The lowest BCUT2D eigenvalue weighted by atomic mass is 9.84. The topological polar surface area (TPSA) is 41.3 Å². The van der Waals surface area contributed by atoms with Crippen LogP contribution in [0.25, 0.3) is 0 Å². The van der Waals surface area contributed by atoms with Gasteiger partial charge in [0.15, 0.2) is 0 Å². The van der Waals surface area contributed by atoms with Crippen LogP contribution in [0.4, 0.5) is 0 Å². The highest BCUT2D eigenvalue weighted by atomic mass is 15.2. The first-order valence-electron chi connectivity index (χ1n) is 6.14. The van der Waals surface area contributed by atoms with E-state index in [0.717, 1.165) is 19.6 Å². The number of piperazine rings is 1. The molecule has 0 aromatic carbocycles. The summed E-state index contributed by atoms with van der Waals surface area (Å²) in [5.74, 6) is 0.656. The van der Waals surface area contributed by atoms with Gasteiger partial charge < -0.3 is 16.0 Å². The van der Waals surface area contributed by atoms with Crippen LogP contribution in [0.3, 0.4) is 0 Å². The van der Waals surface area contributed by atoms with Crippen molar-refractivity contribution in [2.75, 3.05) is 39.3 Å². The molecular formula is C12H27N3. The van der Waals surface area contributed by atoms with Crippen LogP contribution in [0.15, 0.2) is 0 Å². The first kappa shape index (κ1) is 12.9. The second-order valence-corrected chi connectivity index (χ2v) is 5.92. The molecule has 1 fully saturated rings. The largest absolute Gasteiger partial charge is 0.330 e. The fraction of sp³-hybridized carbons (Fsp3) is 1.00. The molecule has 15 heavy (non-hydrogen) atoms. The summed E-state index contributed by atoms with van der Waals surface area (Å²) in [4.78, 5) is 2.54. The summed E-state index contributed by atoms with van der Waals surface area (Å²) in [6.45, 7) is 13.5. The lowest BCUT2D eigenvalue weighted by Gasteiger charge is -2.33. The zero-order chi connectivity index (χ0) is 11.3. The number of nitrogens with one attached hydrogen (secondary N) is 1. The molecule has 1 heterocycles. The summed E-state index contributed by atoms with van der Waals surface area (Å²) in [7, 11) is 0. The fourth-order valence-corrected chi connectivity index (χ4v) is 2.35. The Morgan fingerprint density at radius 2 is 1.87 bits per heavy atom. The van der Waals surface area contributed by atoms with Crippen LogP contribution >= 0.6 is 0 Å². The highest BCUT2D eigenvalue weighted by Gasteiger charge is 2.20. The summed E-state index contributed by atoms with van der Waals surface area (Å²) in [5.41, 5.74) is 6.26. The molecule has 1 aliphatic heterocycles. The van der Waals surface area contributed by atoms with E-state index in [1.54, 1.807) is 0 Å². The normalized spacial score (nSPS) is 21.6. The van der Waals surface area contributed by atoms with E-state index >= 15 is 0 Å². The van der Waals surface area contributed by atoms with Gasteiger partial charge in [-0.1, -0.05) is 20.8 Å². The monoisotopic (exact) mass is 213 g/mol. The number of hydrogen-bond acceptors (Lipinski definition) is 3. The maximum absolute atomic E-state index is 5.85. The molecule has 1 unspecified atom stereocenters. The third-order valence-corrected chi connectivity index (χ3v) is 2.96. The minimum absolute atomic E-state index is 0.401. The highest BCUT2D eigenvalue weighted by molar-refractivity contribution is 4.76. The van der Waals surface area contributed by atoms with E-state index in [1.165, 1.54) is 26.1 Å². The molecule has 90 valence electrons. The fourth-order valence-electron chi connectivity index (χ4n) is 2.35. The zero-order valence-corrected chi connectivity index (χ0v) is 10.6. The third-order valence-electron chi connectivity index (χ3n) is 2.96. The van der Waals surface area contributed by atoms with Crippen molar-refractivity contribution < 1.29 is 0 Å². The van der Waals surface area contributed by atoms with Gasteiger partial charge in [0.05, 0.1) is 0 Å². The van der Waals surface area contributed by atoms with Crippen molar-refractivity contribution in [3.63, 3.8) is 0 Å². The van der Waals surface area contributed by atoms with Gasteiger partial charge in [0.2, 0.25) is 0 Å². The lowest BCUT2D eigenvalue weighted by Crippen LogP contribution is -2.46. The van der Waals surface area contributed by atoms with E-state index in [-0.39, 0.29) is 0 Å². The van der Waals surface area contributed by atoms with Crippen molar-refractivity contribution in [3.05, 3.63) is 0 Å². The second-order valence-electron chi connectivity index (χ2n) is 5.92. The Labute approximate surface area is 94.4 Å². The van der Waals surface area contributed by atoms with Crippen molar-refractivity contribution in [1.82, 2.24) is 10.2 Å². The molecule has 1 saturated heterocycles. The molecule has 0 saturated carbocycles. The summed E-state index contributed by atoms with van der Waals surface area (Å²) in [6.07, 6.45) is 1.23. The van der Waals surface area contributed by atoms with E-state index in [1.807, 2.05) is 0 Å². The standard InChI is InChI=1S/C12H27N3/c1-12(2,3)8-11(9-13)10-15-6-4-14-5-7-15/h11,14H,4-10,13H2,1-3H3. The minimum atomic E-state index is 0.401. The predicted octanol–water partition coefficient (Wildman–Crippen LogP) is 0.903. The molecule has 0 spiro atoms. The van der Waals surface area contributed by atoms with E-state index in [9.17, 15) is 0 Å². The third kappa shape index (κ3) is 5.50. The molecule has 3 nitrogen and oxygen atoms in total. The van der Waals surface area contributed by atoms with Gasteiger partial charge in [-0.25, -0.2) is 0 Å². The van der Waals surface area contributed by atoms with Crippen LogP contribution in [0.1, 0.15) is 27.2 Å². The Morgan fingerprint density at radius 1 is 1.27 bits per heavy atom. The molecule has 0 radical (unpaired) electrons. The van der Waals surface area contributed by atoms with Gasteiger partial charge in [0.25, 0.3) is 0 Å². The van der Waals surface area contributed by atoms with E-state index < -0.39 is 0 Å². The molecule has 0 bridgehead atoms. The average Bonchev–Trinajstić information content (AvgIpc) is 2.16. The molecular weight excluding hydrogens is 186 g/mol. The van der Waals surface area contributed by atoms with Crippen molar-refractivity contribution in [2.45, 2.75) is 27.2 Å². The maximum Gasteiger partial charge on any atom is 0.0107 e. The summed E-state index contributed by atoms with van der Waals surface area (Å²) in [5, 5.41) is 3.38. The molecule has 3 N–H and O–H groups in total. The van der Waals surface area contributed by atoms with Gasteiger partial charge in [-0.3, -0.25) is 0 Å². The smallest absolute Gasteiger partial charge is 0.0107 e. The highest BCUT2D eigenvalue weighted by Crippen LogP contribution is 2.24. The van der Waals surface area contributed by atoms with Crippen LogP contribution in [0.2, 0.25) is 0 Å². The van der Waals surface area contributed by atoms with Crippen molar-refractivity contribution >= 4 is 0 Å². The van der Waals surface area contributed by atoms with E-state index in [2.05, 4.69) is 31.0 Å². The van der Waals surface area contributed by atoms with Crippen molar-refractivity contribution in [1.29, 1.82) is 0 Å². The number of hydrogen-bond donors (Lipinski definition) is 2. The van der Waals surface area contributed by atoms with Crippen LogP contribution in [-0.2, 0) is 0 Å². The molecule has 1 atom stereocenters. The molecule has 1 rings (SSSR count). The Hall–Kier alpha value is -0.120. The minimum Gasteiger partial charge on any atom is -0.330 e.